The molecule has 0 fully saturated rings. The van der Waals surface area contributed by atoms with Crippen molar-refractivity contribution in [2.75, 3.05) is 13.2 Å². The van der Waals surface area contributed by atoms with E-state index in [4.69, 9.17) is 9.47 Å². The van der Waals surface area contributed by atoms with Crippen LogP contribution in [0.5, 0.6) is 5.75 Å². The molecule has 0 spiro atoms. The van der Waals surface area contributed by atoms with Crippen molar-refractivity contribution in [3.63, 3.8) is 0 Å². The summed E-state index contributed by atoms with van der Waals surface area (Å²) in [5.41, 5.74) is 3.03. The highest BCUT2D eigenvalue weighted by Crippen LogP contribution is 2.46. The fourth-order valence-electron chi connectivity index (χ4n) is 3.90. The predicted molar refractivity (Wildman–Crippen MR) is 99.5 cm³/mol. The predicted octanol–water partition coefficient (Wildman–Crippen LogP) is 3.83. The van der Waals surface area contributed by atoms with Gasteiger partial charge in [0.2, 0.25) is 0 Å². The van der Waals surface area contributed by atoms with Crippen LogP contribution in [-0.2, 0) is 14.3 Å². The van der Waals surface area contributed by atoms with Crippen LogP contribution < -0.4 is 4.74 Å². The van der Waals surface area contributed by atoms with Gasteiger partial charge < -0.3 is 9.47 Å². The fraction of sp³-hybridized carbons (Fsp3) is 0.476. The molecule has 26 heavy (non-hydrogen) atoms. The second-order valence-electron chi connectivity index (χ2n) is 6.57. The highest BCUT2D eigenvalue weighted by molar-refractivity contribution is 6.09. The summed E-state index contributed by atoms with van der Waals surface area (Å²) in [6, 6.07) is 7.63. The molecule has 1 aromatic rings. The van der Waals surface area contributed by atoms with E-state index in [1.165, 1.54) is 0 Å². The number of rotatable bonds is 5. The molecule has 138 valence electrons. The molecule has 0 bridgehead atoms. The average Bonchev–Trinajstić information content (AvgIpc) is 2.62. The van der Waals surface area contributed by atoms with E-state index in [1.807, 2.05) is 38.1 Å². The number of hydrogen-bond donors (Lipinski definition) is 0. The maximum absolute atomic E-state index is 12.8. The van der Waals surface area contributed by atoms with Crippen molar-refractivity contribution in [3.05, 3.63) is 41.1 Å². The third-order valence-corrected chi connectivity index (χ3v) is 4.93. The van der Waals surface area contributed by atoms with Crippen LogP contribution in [0.4, 0.5) is 0 Å². The van der Waals surface area contributed by atoms with Crippen molar-refractivity contribution in [3.8, 4) is 5.75 Å². The summed E-state index contributed by atoms with van der Waals surface area (Å²) in [7, 11) is 0. The summed E-state index contributed by atoms with van der Waals surface area (Å²) < 4.78 is 11.1. The molecular weight excluding hydrogens is 330 g/mol. The fourth-order valence-corrected chi connectivity index (χ4v) is 3.90. The van der Waals surface area contributed by atoms with E-state index >= 15 is 0 Å². The largest absolute Gasteiger partial charge is 0.494 e. The zero-order valence-corrected chi connectivity index (χ0v) is 15.6. The van der Waals surface area contributed by atoms with E-state index in [0.717, 1.165) is 24.1 Å². The summed E-state index contributed by atoms with van der Waals surface area (Å²) >= 11 is 0. The third-order valence-electron chi connectivity index (χ3n) is 4.93. The van der Waals surface area contributed by atoms with Crippen LogP contribution in [0.3, 0.4) is 0 Å². The Bertz CT molecular complexity index is 778. The molecule has 1 aliphatic carbocycles. The van der Waals surface area contributed by atoms with Gasteiger partial charge in [0.15, 0.2) is 5.78 Å². The lowest BCUT2D eigenvalue weighted by atomic mass is 9.71. The minimum atomic E-state index is -0.600. The first-order valence-corrected chi connectivity index (χ1v) is 9.28. The Morgan fingerprint density at radius 1 is 1.19 bits per heavy atom. The van der Waals surface area contributed by atoms with Gasteiger partial charge in [0, 0.05) is 34.9 Å². The Hall–Kier alpha value is -2.43. The molecule has 0 amide bonds. The number of nitrogens with zero attached hydrogens (tertiary/aromatic N) is 1. The lowest BCUT2D eigenvalue weighted by Gasteiger charge is -2.35. The molecule has 0 unspecified atom stereocenters. The van der Waals surface area contributed by atoms with Gasteiger partial charge in [0.1, 0.15) is 11.7 Å². The van der Waals surface area contributed by atoms with Crippen LogP contribution in [0.2, 0.25) is 0 Å². The van der Waals surface area contributed by atoms with Crippen LogP contribution in [-0.4, -0.2) is 30.7 Å². The maximum Gasteiger partial charge on any atom is 0.315 e. The van der Waals surface area contributed by atoms with Gasteiger partial charge >= 0.3 is 5.97 Å². The van der Waals surface area contributed by atoms with E-state index in [-0.39, 0.29) is 11.8 Å². The van der Waals surface area contributed by atoms with Crippen LogP contribution in [0.25, 0.3) is 0 Å². The smallest absolute Gasteiger partial charge is 0.315 e. The third kappa shape index (κ3) is 3.30. The summed E-state index contributed by atoms with van der Waals surface area (Å²) in [6.45, 7) is 6.36. The van der Waals surface area contributed by atoms with Gasteiger partial charge in [-0.25, -0.2) is 0 Å². The van der Waals surface area contributed by atoms with Crippen molar-refractivity contribution in [1.82, 2.24) is 0 Å². The maximum atomic E-state index is 12.8. The number of carbonyl (C=O) groups excluding carboxylic acids is 2. The quantitative estimate of drug-likeness (QED) is 0.753. The molecule has 0 aromatic heterocycles. The second kappa shape index (κ2) is 7.85. The number of hydrogen-bond acceptors (Lipinski definition) is 5. The second-order valence-corrected chi connectivity index (χ2v) is 6.57. The number of esters is 1. The van der Waals surface area contributed by atoms with Gasteiger partial charge in [0.25, 0.3) is 0 Å². The van der Waals surface area contributed by atoms with E-state index in [9.17, 15) is 9.59 Å². The Morgan fingerprint density at radius 3 is 2.69 bits per heavy atom. The number of allylic oxidation sites excluding steroid dienone is 2. The van der Waals surface area contributed by atoms with Crippen LogP contribution >= 0.6 is 0 Å². The zero-order chi connectivity index (χ0) is 18.7. The topological polar surface area (TPSA) is 65.0 Å². The molecule has 5 nitrogen and oxygen atoms in total. The number of aliphatic imine (C=N–C) groups is 1. The first-order valence-electron chi connectivity index (χ1n) is 9.28. The summed E-state index contributed by atoms with van der Waals surface area (Å²) in [5, 5.41) is 0. The number of Topliss-reactive ketones (excluding diaryl/α,β-unsaturated/α-hetero) is 1. The first-order chi connectivity index (χ1) is 12.6. The molecule has 1 heterocycles. The summed E-state index contributed by atoms with van der Waals surface area (Å²) in [5.74, 6) is -0.563. The molecule has 5 heteroatoms. The summed E-state index contributed by atoms with van der Waals surface area (Å²) in [4.78, 5) is 30.2. The Morgan fingerprint density at radius 2 is 1.96 bits per heavy atom. The Labute approximate surface area is 154 Å². The SMILES string of the molecule is CCOC(=O)[C@@H]1C(C)=NC2=C(C(=O)CCC2)[C@H]1c1ccccc1OCC. The van der Waals surface area contributed by atoms with Gasteiger partial charge in [-0.2, -0.15) is 0 Å². The van der Waals surface area contributed by atoms with Crippen molar-refractivity contribution in [2.45, 2.75) is 46.0 Å². The van der Waals surface area contributed by atoms with Gasteiger partial charge in [-0.3, -0.25) is 14.6 Å². The lowest BCUT2D eigenvalue weighted by Crippen LogP contribution is -2.37. The van der Waals surface area contributed by atoms with Crippen LogP contribution in [0, 0.1) is 5.92 Å². The van der Waals surface area contributed by atoms with Gasteiger partial charge in [-0.05, 0) is 39.7 Å². The van der Waals surface area contributed by atoms with Crippen LogP contribution in [0.1, 0.15) is 51.5 Å². The molecule has 3 rings (SSSR count). The minimum Gasteiger partial charge on any atom is -0.494 e. The molecule has 0 N–H and O–H groups in total. The van der Waals surface area contributed by atoms with Crippen molar-refractivity contribution >= 4 is 17.5 Å². The summed E-state index contributed by atoms with van der Waals surface area (Å²) in [6.07, 6.45) is 2.07. The van der Waals surface area contributed by atoms with Gasteiger partial charge in [-0.1, -0.05) is 18.2 Å². The number of para-hydroxylation sites is 1. The normalized spacial score (nSPS) is 22.6. The average molecular weight is 355 g/mol. The van der Waals surface area contributed by atoms with E-state index < -0.39 is 11.8 Å². The van der Waals surface area contributed by atoms with Gasteiger partial charge in [0.05, 0.1) is 13.2 Å². The van der Waals surface area contributed by atoms with E-state index in [1.54, 1.807) is 6.92 Å². The molecule has 0 radical (unpaired) electrons. The number of benzene rings is 1. The molecule has 1 aromatic carbocycles. The molecule has 0 saturated carbocycles. The molecular formula is C21H25NO4. The van der Waals surface area contributed by atoms with Crippen LogP contribution in [0.15, 0.2) is 40.5 Å². The first kappa shape index (κ1) is 18.4. The van der Waals surface area contributed by atoms with Gasteiger partial charge in [-0.15, -0.1) is 0 Å². The van der Waals surface area contributed by atoms with E-state index in [0.29, 0.717) is 36.7 Å². The zero-order valence-electron chi connectivity index (χ0n) is 15.6. The standard InChI is InChI=1S/C21H25NO4/c1-4-25-17-12-7-6-9-14(17)19-18(21(24)26-5-2)13(3)22-15-10-8-11-16(23)20(15)19/h6-7,9,12,18-19H,4-5,8,10-11H2,1-3H3/t18-,19+/m1/s1. The molecule has 0 saturated heterocycles. The molecule has 2 atom stereocenters. The van der Waals surface area contributed by atoms with Crippen molar-refractivity contribution < 1.29 is 19.1 Å². The number of ketones is 1. The molecule has 1 aliphatic heterocycles. The Kier molecular flexibility index (Phi) is 5.55. The van der Waals surface area contributed by atoms with Crippen molar-refractivity contribution in [1.29, 1.82) is 0 Å². The molecule has 2 aliphatic rings. The number of ether oxygens (including phenoxy) is 2. The van der Waals surface area contributed by atoms with Crippen molar-refractivity contribution in [2.24, 2.45) is 10.9 Å². The highest BCUT2D eigenvalue weighted by Gasteiger charge is 2.44. The lowest BCUT2D eigenvalue weighted by molar-refractivity contribution is -0.146. The Balaban J connectivity index is 2.18. The number of carbonyl (C=O) groups is 2. The van der Waals surface area contributed by atoms with E-state index in [2.05, 4.69) is 4.99 Å². The monoisotopic (exact) mass is 355 g/mol. The minimum absolute atomic E-state index is 0.0769. The highest BCUT2D eigenvalue weighted by atomic mass is 16.5.